The second-order valence-electron chi connectivity index (χ2n) is 6.83. The Balaban J connectivity index is 1.65. The standard InChI is InChI=1S/C19H33N7/c1-2-3-4-5-6-7-8-9-10-14-26-15-13-22-17(26)12-11-16-23-18(20)25-19(21)24-16/h13,15H,2-12,14H2,1H3,(H4,20,21,23,24,25). The Hall–Kier alpha value is -2.18. The van der Waals surface area contributed by atoms with Crippen LogP contribution in [0.5, 0.6) is 0 Å². The first kappa shape index (κ1) is 20.1. The number of nitrogens with two attached hydrogens (primary N) is 2. The molecule has 0 spiro atoms. The molecular formula is C19H33N7. The van der Waals surface area contributed by atoms with Gasteiger partial charge >= 0.3 is 0 Å². The van der Waals surface area contributed by atoms with Crippen LogP contribution in [-0.4, -0.2) is 24.5 Å². The molecule has 144 valence electrons. The van der Waals surface area contributed by atoms with Gasteiger partial charge in [0.15, 0.2) is 0 Å². The maximum atomic E-state index is 5.61. The maximum absolute atomic E-state index is 5.61. The van der Waals surface area contributed by atoms with E-state index in [-0.39, 0.29) is 11.9 Å². The van der Waals surface area contributed by atoms with Crippen molar-refractivity contribution in [1.82, 2.24) is 24.5 Å². The molecule has 0 aromatic carbocycles. The third-order valence-electron chi connectivity index (χ3n) is 4.59. The van der Waals surface area contributed by atoms with Crippen LogP contribution in [0.4, 0.5) is 11.9 Å². The van der Waals surface area contributed by atoms with E-state index in [1.54, 1.807) is 0 Å². The van der Waals surface area contributed by atoms with Crippen molar-refractivity contribution in [2.75, 3.05) is 11.5 Å². The summed E-state index contributed by atoms with van der Waals surface area (Å²) in [7, 11) is 0. The topological polar surface area (TPSA) is 109 Å². The first-order valence-corrected chi connectivity index (χ1v) is 9.95. The van der Waals surface area contributed by atoms with Gasteiger partial charge in [0.1, 0.15) is 11.6 Å². The number of anilines is 2. The second-order valence-corrected chi connectivity index (χ2v) is 6.83. The molecule has 0 aliphatic carbocycles. The van der Waals surface area contributed by atoms with Crippen molar-refractivity contribution in [3.8, 4) is 0 Å². The molecule has 26 heavy (non-hydrogen) atoms. The van der Waals surface area contributed by atoms with Crippen LogP contribution in [0.2, 0.25) is 0 Å². The molecule has 0 saturated heterocycles. The minimum Gasteiger partial charge on any atom is -0.368 e. The highest BCUT2D eigenvalue weighted by Gasteiger charge is 2.07. The van der Waals surface area contributed by atoms with Gasteiger partial charge in [-0.3, -0.25) is 0 Å². The van der Waals surface area contributed by atoms with Gasteiger partial charge in [0.05, 0.1) is 0 Å². The summed E-state index contributed by atoms with van der Waals surface area (Å²) in [4.78, 5) is 16.5. The number of nitrogen functional groups attached to an aromatic ring is 2. The lowest BCUT2D eigenvalue weighted by molar-refractivity contribution is 0.530. The molecule has 0 fully saturated rings. The van der Waals surface area contributed by atoms with E-state index in [4.69, 9.17) is 11.5 Å². The minimum absolute atomic E-state index is 0.172. The number of aryl methyl sites for hydroxylation is 3. The van der Waals surface area contributed by atoms with Crippen LogP contribution in [-0.2, 0) is 19.4 Å². The Morgan fingerprint density at radius 2 is 1.42 bits per heavy atom. The molecule has 0 bridgehead atoms. The quantitative estimate of drug-likeness (QED) is 0.529. The molecule has 7 heteroatoms. The van der Waals surface area contributed by atoms with E-state index in [1.165, 1.54) is 57.8 Å². The SMILES string of the molecule is CCCCCCCCCCCn1ccnc1CCc1nc(N)nc(N)n1. The van der Waals surface area contributed by atoms with Crippen molar-refractivity contribution in [2.24, 2.45) is 0 Å². The van der Waals surface area contributed by atoms with Gasteiger partial charge in [-0.2, -0.15) is 15.0 Å². The summed E-state index contributed by atoms with van der Waals surface area (Å²) in [5.41, 5.74) is 11.2. The van der Waals surface area contributed by atoms with Gasteiger partial charge in [0.2, 0.25) is 11.9 Å². The van der Waals surface area contributed by atoms with Crippen LogP contribution < -0.4 is 11.5 Å². The van der Waals surface area contributed by atoms with E-state index in [0.29, 0.717) is 12.2 Å². The summed E-state index contributed by atoms with van der Waals surface area (Å²) in [6.45, 7) is 3.28. The monoisotopic (exact) mass is 359 g/mol. The highest BCUT2D eigenvalue weighted by molar-refractivity contribution is 5.25. The van der Waals surface area contributed by atoms with Gasteiger partial charge in [-0.25, -0.2) is 4.98 Å². The molecule has 7 nitrogen and oxygen atoms in total. The zero-order valence-corrected chi connectivity index (χ0v) is 16.0. The molecular weight excluding hydrogens is 326 g/mol. The number of aromatic nitrogens is 5. The Morgan fingerprint density at radius 1 is 0.808 bits per heavy atom. The van der Waals surface area contributed by atoms with Gasteiger partial charge in [-0.05, 0) is 6.42 Å². The molecule has 2 heterocycles. The zero-order valence-electron chi connectivity index (χ0n) is 16.0. The first-order chi connectivity index (χ1) is 12.7. The van der Waals surface area contributed by atoms with E-state index in [9.17, 15) is 0 Å². The van der Waals surface area contributed by atoms with Gasteiger partial charge in [-0.15, -0.1) is 0 Å². The molecule has 0 radical (unpaired) electrons. The lowest BCUT2D eigenvalue weighted by atomic mass is 10.1. The van der Waals surface area contributed by atoms with Gasteiger partial charge in [0.25, 0.3) is 0 Å². The fraction of sp³-hybridized carbons (Fsp3) is 0.684. The fourth-order valence-electron chi connectivity index (χ4n) is 3.16. The molecule has 0 aliphatic heterocycles. The van der Waals surface area contributed by atoms with Crippen molar-refractivity contribution in [3.63, 3.8) is 0 Å². The molecule has 0 atom stereocenters. The number of unbranched alkanes of at least 4 members (excludes halogenated alkanes) is 8. The number of nitrogens with zero attached hydrogens (tertiary/aromatic N) is 5. The Labute approximate surface area is 156 Å². The first-order valence-electron chi connectivity index (χ1n) is 9.95. The molecule has 2 rings (SSSR count). The molecule has 2 aromatic heterocycles. The second kappa shape index (κ2) is 11.4. The molecule has 2 aromatic rings. The largest absolute Gasteiger partial charge is 0.368 e. The Morgan fingerprint density at radius 3 is 2.08 bits per heavy atom. The number of hydrogen-bond donors (Lipinski definition) is 2. The maximum Gasteiger partial charge on any atom is 0.225 e. The minimum atomic E-state index is 0.172. The molecule has 0 unspecified atom stereocenters. The van der Waals surface area contributed by atoms with Gasteiger partial charge in [0, 0.05) is 31.8 Å². The molecule has 0 aliphatic rings. The zero-order chi connectivity index (χ0) is 18.6. The van der Waals surface area contributed by atoms with Crippen LogP contribution in [0.3, 0.4) is 0 Å². The van der Waals surface area contributed by atoms with Gasteiger partial charge in [-0.1, -0.05) is 58.3 Å². The van der Waals surface area contributed by atoms with Crippen LogP contribution >= 0.6 is 0 Å². The smallest absolute Gasteiger partial charge is 0.225 e. The van der Waals surface area contributed by atoms with E-state index >= 15 is 0 Å². The number of rotatable bonds is 13. The summed E-state index contributed by atoms with van der Waals surface area (Å²) in [6.07, 6.45) is 17.4. The van der Waals surface area contributed by atoms with E-state index in [1.807, 2.05) is 6.20 Å². The molecule has 4 N–H and O–H groups in total. The summed E-state index contributed by atoms with van der Waals surface area (Å²) < 4.78 is 2.23. The Kier molecular flexibility index (Phi) is 8.86. The number of imidazole rings is 1. The lowest BCUT2D eigenvalue weighted by Gasteiger charge is -2.08. The highest BCUT2D eigenvalue weighted by Crippen LogP contribution is 2.11. The summed E-state index contributed by atoms with van der Waals surface area (Å²) in [5, 5.41) is 0. The molecule has 0 amide bonds. The van der Waals surface area contributed by atoms with E-state index in [2.05, 4.69) is 37.6 Å². The predicted octanol–water partition coefficient (Wildman–Crippen LogP) is 3.55. The van der Waals surface area contributed by atoms with E-state index in [0.717, 1.165) is 18.8 Å². The van der Waals surface area contributed by atoms with Crippen molar-refractivity contribution < 1.29 is 0 Å². The van der Waals surface area contributed by atoms with Crippen molar-refractivity contribution in [3.05, 3.63) is 24.0 Å². The van der Waals surface area contributed by atoms with Crippen LogP contribution in [0.25, 0.3) is 0 Å². The average molecular weight is 360 g/mol. The Bertz CT molecular complexity index is 618. The predicted molar refractivity (Wildman–Crippen MR) is 106 cm³/mol. The summed E-state index contributed by atoms with van der Waals surface area (Å²) in [5.74, 6) is 2.02. The summed E-state index contributed by atoms with van der Waals surface area (Å²) in [6, 6.07) is 0. The third kappa shape index (κ3) is 7.37. The summed E-state index contributed by atoms with van der Waals surface area (Å²) >= 11 is 0. The third-order valence-corrected chi connectivity index (χ3v) is 4.59. The lowest BCUT2D eigenvalue weighted by Crippen LogP contribution is -2.10. The van der Waals surface area contributed by atoms with Gasteiger partial charge < -0.3 is 16.0 Å². The molecule has 0 saturated carbocycles. The normalized spacial score (nSPS) is 11.1. The average Bonchev–Trinajstić information content (AvgIpc) is 3.05. The van der Waals surface area contributed by atoms with Crippen molar-refractivity contribution >= 4 is 11.9 Å². The van der Waals surface area contributed by atoms with Crippen LogP contribution in [0.15, 0.2) is 12.4 Å². The van der Waals surface area contributed by atoms with E-state index < -0.39 is 0 Å². The van der Waals surface area contributed by atoms with Crippen LogP contribution in [0.1, 0.15) is 76.4 Å². The fourth-order valence-corrected chi connectivity index (χ4v) is 3.16. The number of hydrogen-bond acceptors (Lipinski definition) is 6. The van der Waals surface area contributed by atoms with Crippen molar-refractivity contribution in [1.29, 1.82) is 0 Å². The van der Waals surface area contributed by atoms with Crippen LogP contribution in [0, 0.1) is 0 Å². The highest BCUT2D eigenvalue weighted by atomic mass is 15.1. The van der Waals surface area contributed by atoms with Crippen molar-refractivity contribution in [2.45, 2.75) is 84.1 Å².